The number of carboxylic acids is 1. The highest BCUT2D eigenvalue weighted by Crippen LogP contribution is 2.43. The third kappa shape index (κ3) is 4.44. The first-order valence-electron chi connectivity index (χ1n) is 11.2. The lowest BCUT2D eigenvalue weighted by Gasteiger charge is -2.26. The van der Waals surface area contributed by atoms with E-state index >= 15 is 0 Å². The van der Waals surface area contributed by atoms with Crippen molar-refractivity contribution in [2.24, 2.45) is 0 Å². The highest BCUT2D eigenvalue weighted by Gasteiger charge is 2.42. The fraction of sp³-hybridized carbons (Fsp3) is 0.111. The van der Waals surface area contributed by atoms with Crippen LogP contribution >= 0.6 is 12.2 Å². The molecule has 0 aliphatic carbocycles. The number of aromatic nitrogens is 1. The van der Waals surface area contributed by atoms with Gasteiger partial charge in [0.05, 0.1) is 17.3 Å². The van der Waals surface area contributed by atoms with E-state index in [1.165, 1.54) is 6.92 Å². The SMILES string of the molecule is CC(=O)Nc1ccc(N2C(=S)NC(c3ccccn3)C2c2ccc(-c3ccccc3C(=O)O)o2)cc1. The van der Waals surface area contributed by atoms with Gasteiger partial charge in [-0.1, -0.05) is 24.3 Å². The molecular formula is C27H22N4O4S. The lowest BCUT2D eigenvalue weighted by molar-refractivity contribution is -0.114. The minimum atomic E-state index is -1.03. The Hall–Kier alpha value is -4.50. The molecule has 1 saturated heterocycles. The summed E-state index contributed by atoms with van der Waals surface area (Å²) in [4.78, 5) is 29.7. The number of benzene rings is 2. The van der Waals surface area contributed by atoms with E-state index in [9.17, 15) is 14.7 Å². The van der Waals surface area contributed by atoms with Crippen molar-refractivity contribution in [2.45, 2.75) is 19.0 Å². The summed E-state index contributed by atoms with van der Waals surface area (Å²) in [5.41, 5.74) is 2.91. The summed E-state index contributed by atoms with van der Waals surface area (Å²) in [6.45, 7) is 1.46. The fourth-order valence-corrected chi connectivity index (χ4v) is 4.72. The zero-order valence-electron chi connectivity index (χ0n) is 19.2. The van der Waals surface area contributed by atoms with Crippen molar-refractivity contribution < 1.29 is 19.1 Å². The van der Waals surface area contributed by atoms with Crippen LogP contribution in [0.25, 0.3) is 11.3 Å². The Morgan fingerprint density at radius 2 is 1.78 bits per heavy atom. The second-order valence-electron chi connectivity index (χ2n) is 8.28. The predicted octanol–water partition coefficient (Wildman–Crippen LogP) is 5.18. The molecule has 5 rings (SSSR count). The first kappa shape index (κ1) is 23.3. The Morgan fingerprint density at radius 3 is 2.47 bits per heavy atom. The van der Waals surface area contributed by atoms with E-state index in [1.807, 2.05) is 41.3 Å². The van der Waals surface area contributed by atoms with Crippen molar-refractivity contribution in [3.05, 3.63) is 102 Å². The number of furan rings is 1. The maximum absolute atomic E-state index is 11.8. The van der Waals surface area contributed by atoms with Gasteiger partial charge in [-0.2, -0.15) is 0 Å². The fourth-order valence-electron chi connectivity index (χ4n) is 4.37. The number of hydrogen-bond donors (Lipinski definition) is 3. The van der Waals surface area contributed by atoms with Crippen LogP contribution in [0.1, 0.15) is 40.8 Å². The Kier molecular flexibility index (Phi) is 6.22. The molecule has 0 saturated carbocycles. The molecule has 8 nitrogen and oxygen atoms in total. The monoisotopic (exact) mass is 498 g/mol. The number of pyridine rings is 1. The van der Waals surface area contributed by atoms with E-state index in [4.69, 9.17) is 16.6 Å². The molecule has 2 unspecified atom stereocenters. The van der Waals surface area contributed by atoms with Gasteiger partial charge in [-0.15, -0.1) is 0 Å². The van der Waals surface area contributed by atoms with Gasteiger partial charge in [0.1, 0.15) is 17.6 Å². The maximum atomic E-state index is 11.8. The molecular weight excluding hydrogens is 476 g/mol. The number of hydrogen-bond acceptors (Lipinski definition) is 5. The van der Waals surface area contributed by atoms with Crippen molar-refractivity contribution in [3.63, 3.8) is 0 Å². The van der Waals surface area contributed by atoms with Gasteiger partial charge in [-0.05, 0) is 66.8 Å². The maximum Gasteiger partial charge on any atom is 0.336 e. The smallest absolute Gasteiger partial charge is 0.336 e. The number of carbonyl (C=O) groups excluding carboxylic acids is 1. The summed E-state index contributed by atoms with van der Waals surface area (Å²) < 4.78 is 6.28. The van der Waals surface area contributed by atoms with Crippen molar-refractivity contribution in [1.29, 1.82) is 0 Å². The third-order valence-corrected chi connectivity index (χ3v) is 6.22. The van der Waals surface area contributed by atoms with Crippen LogP contribution in [-0.2, 0) is 4.79 Å². The highest BCUT2D eigenvalue weighted by molar-refractivity contribution is 7.80. The minimum absolute atomic E-state index is 0.154. The Morgan fingerprint density at radius 1 is 1.03 bits per heavy atom. The zero-order chi connectivity index (χ0) is 25.2. The summed E-state index contributed by atoms with van der Waals surface area (Å²) in [7, 11) is 0. The summed E-state index contributed by atoms with van der Waals surface area (Å²) in [5.74, 6) is -0.140. The molecule has 9 heteroatoms. The average molecular weight is 499 g/mol. The van der Waals surface area contributed by atoms with Crippen LogP contribution < -0.4 is 15.5 Å². The topological polar surface area (TPSA) is 108 Å². The summed E-state index contributed by atoms with van der Waals surface area (Å²) in [6.07, 6.45) is 1.72. The van der Waals surface area contributed by atoms with Gasteiger partial charge in [0.2, 0.25) is 5.91 Å². The van der Waals surface area contributed by atoms with Crippen molar-refractivity contribution in [3.8, 4) is 11.3 Å². The lowest BCUT2D eigenvalue weighted by Crippen LogP contribution is -2.29. The summed E-state index contributed by atoms with van der Waals surface area (Å²) in [5, 5.41) is 16.2. The van der Waals surface area contributed by atoms with Crippen molar-refractivity contribution in [1.82, 2.24) is 10.3 Å². The highest BCUT2D eigenvalue weighted by atomic mass is 32.1. The number of aromatic carboxylic acids is 1. The number of carbonyl (C=O) groups is 2. The number of nitrogens with zero attached hydrogens (tertiary/aromatic N) is 2. The van der Waals surface area contributed by atoms with Crippen LogP contribution in [0.15, 0.2) is 89.5 Å². The molecule has 2 aromatic carbocycles. The molecule has 0 bridgehead atoms. The molecule has 36 heavy (non-hydrogen) atoms. The normalized spacial score (nSPS) is 17.0. The second-order valence-corrected chi connectivity index (χ2v) is 8.66. The molecule has 2 aromatic heterocycles. The van der Waals surface area contributed by atoms with Crippen LogP contribution in [-0.4, -0.2) is 27.1 Å². The zero-order valence-corrected chi connectivity index (χ0v) is 20.0. The van der Waals surface area contributed by atoms with Crippen LogP contribution in [0.5, 0.6) is 0 Å². The van der Waals surface area contributed by atoms with E-state index in [1.54, 1.807) is 48.7 Å². The van der Waals surface area contributed by atoms with Gasteiger partial charge in [-0.25, -0.2) is 4.79 Å². The Labute approximate surface area is 212 Å². The second kappa shape index (κ2) is 9.63. The number of amides is 1. The van der Waals surface area contributed by atoms with E-state index in [2.05, 4.69) is 15.6 Å². The average Bonchev–Trinajstić information content (AvgIpc) is 3.49. The van der Waals surface area contributed by atoms with Crippen LogP contribution in [0, 0.1) is 0 Å². The lowest BCUT2D eigenvalue weighted by atomic mass is 10.0. The number of carboxylic acid groups (broad SMARTS) is 1. The van der Waals surface area contributed by atoms with Crippen molar-refractivity contribution in [2.75, 3.05) is 10.2 Å². The number of rotatable bonds is 6. The molecule has 3 heterocycles. The van der Waals surface area contributed by atoms with E-state index in [-0.39, 0.29) is 17.5 Å². The van der Waals surface area contributed by atoms with Gasteiger partial charge >= 0.3 is 5.97 Å². The summed E-state index contributed by atoms with van der Waals surface area (Å²) >= 11 is 5.73. The molecule has 0 radical (unpaired) electrons. The largest absolute Gasteiger partial charge is 0.478 e. The number of nitrogens with one attached hydrogen (secondary N) is 2. The van der Waals surface area contributed by atoms with Gasteiger partial charge in [0, 0.05) is 30.1 Å². The van der Waals surface area contributed by atoms with E-state index in [0.717, 1.165) is 11.4 Å². The first-order chi connectivity index (χ1) is 17.4. The van der Waals surface area contributed by atoms with Crippen LogP contribution in [0.3, 0.4) is 0 Å². The summed E-state index contributed by atoms with van der Waals surface area (Å²) in [6, 6.07) is 22.6. The van der Waals surface area contributed by atoms with Crippen molar-refractivity contribution >= 4 is 40.6 Å². The van der Waals surface area contributed by atoms with Crippen LogP contribution in [0.2, 0.25) is 0 Å². The van der Waals surface area contributed by atoms with Crippen LogP contribution in [0.4, 0.5) is 11.4 Å². The quantitative estimate of drug-likeness (QED) is 0.312. The Balaban J connectivity index is 1.58. The first-order valence-corrected chi connectivity index (χ1v) is 11.6. The number of thiocarbonyl (C=S) groups is 1. The van der Waals surface area contributed by atoms with Gasteiger partial charge < -0.3 is 25.1 Å². The minimum Gasteiger partial charge on any atom is -0.478 e. The van der Waals surface area contributed by atoms with Gasteiger partial charge in [-0.3, -0.25) is 9.78 Å². The van der Waals surface area contributed by atoms with E-state index < -0.39 is 12.0 Å². The molecule has 1 amide bonds. The third-order valence-electron chi connectivity index (χ3n) is 5.91. The standard InChI is InChI=1S/C27H22N4O4S/c1-16(32)29-17-9-11-18(12-10-17)31-25(24(30-27(31)36)21-8-4-5-15-28-21)23-14-13-22(35-23)19-6-2-3-7-20(19)26(33)34/h2-15,24-25H,1H3,(H,29,32)(H,30,36)(H,33,34). The number of anilines is 2. The molecule has 1 aliphatic rings. The predicted molar refractivity (Wildman–Crippen MR) is 140 cm³/mol. The molecule has 1 aliphatic heterocycles. The molecule has 0 spiro atoms. The molecule has 1 fully saturated rings. The van der Waals surface area contributed by atoms with E-state index in [0.29, 0.717) is 27.9 Å². The van der Waals surface area contributed by atoms with Gasteiger partial charge in [0.25, 0.3) is 0 Å². The molecule has 2 atom stereocenters. The molecule has 4 aromatic rings. The molecule has 180 valence electrons. The van der Waals surface area contributed by atoms with Gasteiger partial charge in [0.15, 0.2) is 5.11 Å². The molecule has 3 N–H and O–H groups in total. The Bertz CT molecular complexity index is 1440.